The third-order valence-electron chi connectivity index (χ3n) is 2.64. The van der Waals surface area contributed by atoms with Crippen LogP contribution in [0.2, 0.25) is 0 Å². The molecule has 0 bridgehead atoms. The van der Waals surface area contributed by atoms with Crippen LogP contribution in [0.5, 0.6) is 0 Å². The van der Waals surface area contributed by atoms with E-state index in [1.54, 1.807) is 40.8 Å². The number of anilines is 1. The molecule has 1 aromatic carbocycles. The van der Waals surface area contributed by atoms with Gasteiger partial charge in [0.1, 0.15) is 6.61 Å². The van der Waals surface area contributed by atoms with Gasteiger partial charge in [0.25, 0.3) is 0 Å². The lowest BCUT2D eigenvalue weighted by Crippen LogP contribution is -2.35. The maximum absolute atomic E-state index is 11.2. The predicted octanol–water partition coefficient (Wildman–Crippen LogP) is 2.55. The number of benzene rings is 1. The average Bonchev–Trinajstić information content (AvgIpc) is 2.46. The zero-order valence-corrected chi connectivity index (χ0v) is 14.9. The summed E-state index contributed by atoms with van der Waals surface area (Å²) in [6.45, 7) is 6.77. The van der Waals surface area contributed by atoms with Gasteiger partial charge >= 0.3 is 9.89 Å². The van der Waals surface area contributed by atoms with Crippen LogP contribution in [0, 0.1) is 6.92 Å². The first kappa shape index (κ1) is 19.3. The molecular formula is C15H17IN2O5. The third kappa shape index (κ3) is 6.91. The molecule has 1 unspecified atom stereocenters. The molecule has 1 atom stereocenters. The Bertz CT molecular complexity index is 639. The molecule has 7 nitrogen and oxygen atoms in total. The maximum Gasteiger partial charge on any atom is 0.333 e. The minimum atomic E-state index is -1.72. The fraction of sp³-hybridized carbons (Fsp3) is 0.333. The Morgan fingerprint density at radius 3 is 2.83 bits per heavy atom. The Balaban J connectivity index is 2.61. The van der Waals surface area contributed by atoms with Crippen molar-refractivity contribution in [3.05, 3.63) is 35.9 Å². The van der Waals surface area contributed by atoms with E-state index in [-0.39, 0.29) is 18.8 Å². The highest BCUT2D eigenvalue weighted by molar-refractivity contribution is 14.1. The van der Waals surface area contributed by atoms with Gasteiger partial charge in [0, 0.05) is 33.9 Å². The van der Waals surface area contributed by atoms with Crippen molar-refractivity contribution in [1.82, 2.24) is 0 Å². The number of ether oxygens (including phenoxy) is 2. The molecule has 0 saturated heterocycles. The van der Waals surface area contributed by atoms with Gasteiger partial charge in [-0.2, -0.15) is 4.99 Å². The molecule has 0 saturated carbocycles. The van der Waals surface area contributed by atoms with Crippen LogP contribution in [0.25, 0.3) is 0 Å². The van der Waals surface area contributed by atoms with Crippen LogP contribution in [0.15, 0.2) is 35.3 Å². The summed E-state index contributed by atoms with van der Waals surface area (Å²) in [5.41, 5.74) is 2.05. The number of nitrogens with one attached hydrogen (secondary N) is 1. The van der Waals surface area contributed by atoms with E-state index in [2.05, 4.69) is 16.9 Å². The Morgan fingerprint density at radius 2 is 2.22 bits per heavy atom. The standard InChI is InChI=1S/C15H17IN2O5/c1-10(2)14(20)22-6-7-23-15(16,21)18-13-8-12(17-9-19)5-4-11(13)3/h4-5,8,18,21H,1,6-7H2,2-3H3. The van der Waals surface area contributed by atoms with Gasteiger partial charge < -0.3 is 19.9 Å². The predicted molar refractivity (Wildman–Crippen MR) is 93.3 cm³/mol. The van der Waals surface area contributed by atoms with Crippen molar-refractivity contribution in [2.45, 2.75) is 17.8 Å². The molecule has 0 radical (unpaired) electrons. The number of aliphatic imine (C=N–C) groups is 1. The molecular weight excluding hydrogens is 415 g/mol. The molecule has 0 aliphatic rings. The van der Waals surface area contributed by atoms with Crippen LogP contribution in [0.1, 0.15) is 12.5 Å². The van der Waals surface area contributed by atoms with Crippen LogP contribution in [0.4, 0.5) is 11.4 Å². The Labute approximate surface area is 147 Å². The van der Waals surface area contributed by atoms with E-state index < -0.39 is 9.89 Å². The molecule has 0 amide bonds. The van der Waals surface area contributed by atoms with Crippen LogP contribution in [0.3, 0.4) is 0 Å². The van der Waals surface area contributed by atoms with E-state index in [0.717, 1.165) is 5.56 Å². The summed E-state index contributed by atoms with van der Waals surface area (Å²) in [5, 5.41) is 12.9. The molecule has 23 heavy (non-hydrogen) atoms. The topological polar surface area (TPSA) is 97.2 Å². The number of hydrogen-bond donors (Lipinski definition) is 2. The normalized spacial score (nSPS) is 12.7. The molecule has 0 aromatic heterocycles. The Kier molecular flexibility index (Phi) is 7.37. The number of rotatable bonds is 8. The fourth-order valence-corrected chi connectivity index (χ4v) is 2.01. The molecule has 0 aliphatic carbocycles. The van der Waals surface area contributed by atoms with Crippen molar-refractivity contribution >= 4 is 46.0 Å². The number of nitrogens with zero attached hydrogens (tertiary/aromatic N) is 1. The van der Waals surface area contributed by atoms with Crippen LogP contribution in [-0.2, 0) is 19.1 Å². The molecule has 0 aliphatic heterocycles. The van der Waals surface area contributed by atoms with E-state index in [9.17, 15) is 14.7 Å². The van der Waals surface area contributed by atoms with Crippen LogP contribution >= 0.6 is 22.6 Å². The summed E-state index contributed by atoms with van der Waals surface area (Å²) in [6.07, 6.45) is 1.45. The largest absolute Gasteiger partial charge is 0.460 e. The van der Waals surface area contributed by atoms with Gasteiger partial charge in [0.15, 0.2) is 0 Å². The van der Waals surface area contributed by atoms with E-state index in [1.165, 1.54) is 13.0 Å². The number of carbonyl (C=O) groups excluding carboxylic acids is 2. The van der Waals surface area contributed by atoms with Crippen molar-refractivity contribution in [1.29, 1.82) is 0 Å². The molecule has 1 aromatic rings. The lowest BCUT2D eigenvalue weighted by molar-refractivity contribution is -0.146. The van der Waals surface area contributed by atoms with Gasteiger partial charge in [-0.1, -0.05) is 12.6 Å². The molecule has 1 rings (SSSR count). The lowest BCUT2D eigenvalue weighted by atomic mass is 10.2. The highest BCUT2D eigenvalue weighted by Gasteiger charge is 2.24. The zero-order valence-electron chi connectivity index (χ0n) is 12.8. The lowest BCUT2D eigenvalue weighted by Gasteiger charge is -2.25. The minimum absolute atomic E-state index is 0.0172. The third-order valence-corrected chi connectivity index (χ3v) is 3.22. The zero-order chi connectivity index (χ0) is 17.5. The van der Waals surface area contributed by atoms with Gasteiger partial charge in [-0.25, -0.2) is 9.59 Å². The number of aryl methyl sites for hydroxylation is 1. The minimum Gasteiger partial charge on any atom is -0.460 e. The molecule has 0 spiro atoms. The summed E-state index contributed by atoms with van der Waals surface area (Å²) < 4.78 is 8.37. The van der Waals surface area contributed by atoms with Gasteiger partial charge in [-0.3, -0.25) is 0 Å². The summed E-state index contributed by atoms with van der Waals surface area (Å²) in [4.78, 5) is 25.0. The molecule has 0 heterocycles. The Hall–Kier alpha value is -1.74. The van der Waals surface area contributed by atoms with Crippen molar-refractivity contribution in [3.8, 4) is 0 Å². The van der Waals surface area contributed by atoms with Crippen molar-refractivity contribution in [3.63, 3.8) is 0 Å². The molecule has 8 heteroatoms. The highest BCUT2D eigenvalue weighted by Crippen LogP contribution is 2.27. The van der Waals surface area contributed by atoms with E-state index in [0.29, 0.717) is 11.4 Å². The SMILES string of the molecule is C=C(C)C(=O)OCCOC(O)(I)Nc1cc(N=C=O)ccc1C. The van der Waals surface area contributed by atoms with Gasteiger partial charge in [-0.05, 0) is 31.5 Å². The first-order chi connectivity index (χ1) is 10.7. The van der Waals surface area contributed by atoms with E-state index in [1.807, 2.05) is 6.92 Å². The number of hydrogen-bond acceptors (Lipinski definition) is 7. The van der Waals surface area contributed by atoms with Gasteiger partial charge in [0.05, 0.1) is 12.3 Å². The van der Waals surface area contributed by atoms with Gasteiger partial charge in [0.2, 0.25) is 6.08 Å². The van der Waals surface area contributed by atoms with E-state index >= 15 is 0 Å². The van der Waals surface area contributed by atoms with Crippen molar-refractivity contribution in [2.24, 2.45) is 4.99 Å². The summed E-state index contributed by atoms with van der Waals surface area (Å²) in [7, 11) is 0. The monoisotopic (exact) mass is 432 g/mol. The van der Waals surface area contributed by atoms with Crippen molar-refractivity contribution < 1.29 is 24.2 Å². The smallest absolute Gasteiger partial charge is 0.333 e. The second kappa shape index (κ2) is 8.78. The van der Waals surface area contributed by atoms with Crippen molar-refractivity contribution in [2.75, 3.05) is 18.5 Å². The number of halogens is 1. The number of esters is 1. The van der Waals surface area contributed by atoms with Crippen LogP contribution in [-0.4, -0.2) is 34.3 Å². The Morgan fingerprint density at radius 1 is 1.52 bits per heavy atom. The van der Waals surface area contributed by atoms with E-state index in [4.69, 9.17) is 9.47 Å². The first-order valence-corrected chi connectivity index (χ1v) is 7.67. The highest BCUT2D eigenvalue weighted by atomic mass is 127. The maximum atomic E-state index is 11.2. The molecule has 0 fully saturated rings. The second-order valence-corrected chi connectivity index (χ2v) is 6.12. The number of aliphatic hydroxyl groups is 1. The fourth-order valence-electron chi connectivity index (χ4n) is 1.50. The average molecular weight is 432 g/mol. The number of isocyanates is 1. The quantitative estimate of drug-likeness (QED) is 0.0755. The number of carbonyl (C=O) groups is 1. The summed E-state index contributed by atoms with van der Waals surface area (Å²) in [6, 6.07) is 4.96. The first-order valence-electron chi connectivity index (χ1n) is 6.60. The summed E-state index contributed by atoms with van der Waals surface area (Å²) in [5.74, 6) is -0.520. The van der Waals surface area contributed by atoms with Crippen LogP contribution < -0.4 is 5.32 Å². The second-order valence-electron chi connectivity index (χ2n) is 4.65. The van der Waals surface area contributed by atoms with Gasteiger partial charge in [-0.15, -0.1) is 0 Å². The molecule has 124 valence electrons. The molecule has 2 N–H and O–H groups in total. The number of alkyl halides is 1. The summed E-state index contributed by atoms with van der Waals surface area (Å²) >= 11 is 1.66.